The summed E-state index contributed by atoms with van der Waals surface area (Å²) in [6.07, 6.45) is 3.26. The Balaban J connectivity index is 1.97. The van der Waals surface area contributed by atoms with E-state index in [2.05, 4.69) is 20.9 Å². The topological polar surface area (TPSA) is 46.3 Å². The van der Waals surface area contributed by atoms with Gasteiger partial charge in [-0.05, 0) is 49.4 Å². The molecule has 23 heavy (non-hydrogen) atoms. The molecule has 0 spiro atoms. The molecule has 0 aliphatic heterocycles. The Morgan fingerprint density at radius 2 is 1.96 bits per heavy atom. The van der Waals surface area contributed by atoms with Crippen LogP contribution in [0.1, 0.15) is 21.8 Å². The zero-order chi connectivity index (χ0) is 16.2. The molecule has 2 aromatic heterocycles. The molecule has 0 unspecified atom stereocenters. The summed E-state index contributed by atoms with van der Waals surface area (Å²) in [7, 11) is 0. The largest absolute Gasteiger partial charge is 0.469 e. The third kappa shape index (κ3) is 3.51. The molecule has 0 radical (unpaired) electrons. The Kier molecular flexibility index (Phi) is 4.57. The maximum Gasteiger partial charge on any atom is 0.262 e. The van der Waals surface area contributed by atoms with Gasteiger partial charge < -0.3 is 9.32 Å². The van der Waals surface area contributed by atoms with Crippen LogP contribution in [0.3, 0.4) is 0 Å². The Labute approximate surface area is 142 Å². The molecule has 0 N–H and O–H groups in total. The van der Waals surface area contributed by atoms with Gasteiger partial charge in [0.05, 0.1) is 24.1 Å². The van der Waals surface area contributed by atoms with Crippen molar-refractivity contribution in [3.05, 3.63) is 82.5 Å². The third-order valence-electron chi connectivity index (χ3n) is 3.52. The molecule has 0 fully saturated rings. The highest BCUT2D eigenvalue weighted by Gasteiger charge is 2.21. The molecule has 0 aliphatic carbocycles. The minimum atomic E-state index is -0.107. The van der Waals surface area contributed by atoms with Gasteiger partial charge in [-0.2, -0.15) is 0 Å². The zero-order valence-electron chi connectivity index (χ0n) is 12.6. The fourth-order valence-corrected chi connectivity index (χ4v) is 2.57. The van der Waals surface area contributed by atoms with Crippen molar-refractivity contribution in [3.63, 3.8) is 0 Å². The van der Waals surface area contributed by atoms with E-state index in [0.717, 1.165) is 15.9 Å². The van der Waals surface area contributed by atoms with Gasteiger partial charge in [0, 0.05) is 16.4 Å². The zero-order valence-corrected chi connectivity index (χ0v) is 14.2. The van der Waals surface area contributed by atoms with Crippen LogP contribution in [0, 0.1) is 6.92 Å². The van der Waals surface area contributed by atoms with Crippen molar-refractivity contribution in [3.8, 4) is 0 Å². The molecule has 1 amide bonds. The quantitative estimate of drug-likeness (QED) is 0.674. The number of hydrogen-bond acceptors (Lipinski definition) is 3. The molecule has 3 aromatic rings. The number of pyridine rings is 1. The predicted octanol–water partition coefficient (Wildman–Crippen LogP) is 4.59. The number of carbonyl (C=O) groups excluding carboxylic acids is 1. The van der Waals surface area contributed by atoms with E-state index in [1.807, 2.05) is 42.5 Å². The molecule has 116 valence electrons. The molecular weight excluding hydrogens is 356 g/mol. The van der Waals surface area contributed by atoms with Crippen LogP contribution in [-0.4, -0.2) is 10.9 Å². The second-order valence-electron chi connectivity index (χ2n) is 5.08. The van der Waals surface area contributed by atoms with Crippen molar-refractivity contribution in [2.24, 2.45) is 0 Å². The number of rotatable bonds is 4. The van der Waals surface area contributed by atoms with E-state index >= 15 is 0 Å². The van der Waals surface area contributed by atoms with Gasteiger partial charge in [0.2, 0.25) is 0 Å². The maximum atomic E-state index is 12.9. The minimum absolute atomic E-state index is 0.107. The minimum Gasteiger partial charge on any atom is -0.469 e. The fourth-order valence-electron chi connectivity index (χ4n) is 2.31. The Morgan fingerprint density at radius 3 is 2.57 bits per heavy atom. The first-order valence-corrected chi connectivity index (χ1v) is 7.96. The summed E-state index contributed by atoms with van der Waals surface area (Å²) >= 11 is 3.42. The first kappa shape index (κ1) is 15.5. The van der Waals surface area contributed by atoms with E-state index in [9.17, 15) is 4.79 Å². The van der Waals surface area contributed by atoms with E-state index in [1.54, 1.807) is 24.1 Å². The number of benzene rings is 1. The van der Waals surface area contributed by atoms with Crippen molar-refractivity contribution < 1.29 is 9.21 Å². The lowest BCUT2D eigenvalue weighted by atomic mass is 10.2. The van der Waals surface area contributed by atoms with Gasteiger partial charge in [-0.3, -0.25) is 9.78 Å². The molecular formula is C18H15BrN2O2. The number of nitrogens with zero attached hydrogens (tertiary/aromatic N) is 2. The molecule has 3 rings (SSSR count). The van der Waals surface area contributed by atoms with Crippen LogP contribution in [0.2, 0.25) is 0 Å². The van der Waals surface area contributed by atoms with Crippen LogP contribution in [0.4, 0.5) is 5.69 Å². The first-order valence-electron chi connectivity index (χ1n) is 7.16. The van der Waals surface area contributed by atoms with Crippen molar-refractivity contribution in [1.29, 1.82) is 0 Å². The molecule has 4 nitrogen and oxygen atoms in total. The summed E-state index contributed by atoms with van der Waals surface area (Å²) in [5.41, 5.74) is 2.19. The fraction of sp³-hybridized carbons (Fsp3) is 0.111. The number of hydrogen-bond donors (Lipinski definition) is 0. The standard InChI is InChI=1S/C18H15BrN2O2/c1-13-17(9-11-23-13)18(22)21(12-15-4-2-3-10-20-15)16-7-5-14(19)6-8-16/h2-11H,12H2,1H3. The van der Waals surface area contributed by atoms with Crippen LogP contribution in [0.25, 0.3) is 0 Å². The predicted molar refractivity (Wildman–Crippen MR) is 92.3 cm³/mol. The van der Waals surface area contributed by atoms with E-state index in [-0.39, 0.29) is 5.91 Å². The lowest BCUT2D eigenvalue weighted by Crippen LogP contribution is -2.30. The number of anilines is 1. The summed E-state index contributed by atoms with van der Waals surface area (Å²) in [6.45, 7) is 2.18. The summed E-state index contributed by atoms with van der Waals surface area (Å²) in [5.74, 6) is 0.502. The van der Waals surface area contributed by atoms with Crippen molar-refractivity contribution >= 4 is 27.5 Å². The maximum absolute atomic E-state index is 12.9. The molecule has 0 saturated heterocycles. The molecule has 5 heteroatoms. The highest BCUT2D eigenvalue weighted by molar-refractivity contribution is 9.10. The first-order chi connectivity index (χ1) is 11.1. The monoisotopic (exact) mass is 370 g/mol. The van der Waals surface area contributed by atoms with Crippen molar-refractivity contribution in [2.75, 3.05) is 4.90 Å². The summed E-state index contributed by atoms with van der Waals surface area (Å²) < 4.78 is 6.23. The number of aryl methyl sites for hydroxylation is 1. The highest BCUT2D eigenvalue weighted by atomic mass is 79.9. The van der Waals surface area contributed by atoms with Gasteiger partial charge in [-0.1, -0.05) is 22.0 Å². The number of amides is 1. The number of aromatic nitrogens is 1. The molecule has 1 aromatic carbocycles. The highest BCUT2D eigenvalue weighted by Crippen LogP contribution is 2.23. The average molecular weight is 371 g/mol. The van der Waals surface area contributed by atoms with Gasteiger partial charge in [0.1, 0.15) is 5.76 Å². The van der Waals surface area contributed by atoms with E-state index < -0.39 is 0 Å². The van der Waals surface area contributed by atoms with Crippen LogP contribution in [0.15, 0.2) is 69.9 Å². The molecule has 0 aliphatic rings. The van der Waals surface area contributed by atoms with E-state index in [4.69, 9.17) is 4.42 Å². The van der Waals surface area contributed by atoms with Gasteiger partial charge >= 0.3 is 0 Å². The molecule has 0 bridgehead atoms. The van der Waals surface area contributed by atoms with Crippen LogP contribution >= 0.6 is 15.9 Å². The van der Waals surface area contributed by atoms with Gasteiger partial charge in [0.15, 0.2) is 0 Å². The lowest BCUT2D eigenvalue weighted by Gasteiger charge is -2.22. The number of furan rings is 1. The van der Waals surface area contributed by atoms with Crippen LogP contribution in [-0.2, 0) is 6.54 Å². The molecule has 0 saturated carbocycles. The smallest absolute Gasteiger partial charge is 0.262 e. The van der Waals surface area contributed by atoms with Crippen LogP contribution < -0.4 is 4.90 Å². The van der Waals surface area contributed by atoms with Crippen molar-refractivity contribution in [2.45, 2.75) is 13.5 Å². The van der Waals surface area contributed by atoms with Gasteiger partial charge in [-0.25, -0.2) is 0 Å². The third-order valence-corrected chi connectivity index (χ3v) is 4.05. The molecule has 0 atom stereocenters. The van der Waals surface area contributed by atoms with Crippen molar-refractivity contribution in [1.82, 2.24) is 4.98 Å². The molecule has 2 heterocycles. The van der Waals surface area contributed by atoms with E-state index in [0.29, 0.717) is 17.9 Å². The Hall–Kier alpha value is -2.40. The average Bonchev–Trinajstić information content (AvgIpc) is 3.00. The van der Waals surface area contributed by atoms with E-state index in [1.165, 1.54) is 6.26 Å². The summed E-state index contributed by atoms with van der Waals surface area (Å²) in [6, 6.07) is 15.0. The van der Waals surface area contributed by atoms with Gasteiger partial charge in [-0.15, -0.1) is 0 Å². The van der Waals surface area contributed by atoms with Crippen LogP contribution in [0.5, 0.6) is 0 Å². The summed E-state index contributed by atoms with van der Waals surface area (Å²) in [5, 5.41) is 0. The normalized spacial score (nSPS) is 10.5. The number of halogens is 1. The SMILES string of the molecule is Cc1occc1C(=O)N(Cc1ccccn1)c1ccc(Br)cc1. The second kappa shape index (κ2) is 6.79. The lowest BCUT2D eigenvalue weighted by molar-refractivity contribution is 0.0983. The summed E-state index contributed by atoms with van der Waals surface area (Å²) in [4.78, 5) is 19.0. The number of carbonyl (C=O) groups is 1. The van der Waals surface area contributed by atoms with Gasteiger partial charge in [0.25, 0.3) is 5.91 Å². The Bertz CT molecular complexity index is 797. The second-order valence-corrected chi connectivity index (χ2v) is 5.99. The Morgan fingerprint density at radius 1 is 1.17 bits per heavy atom.